The second-order valence-electron chi connectivity index (χ2n) is 5.46. The van der Waals surface area contributed by atoms with Crippen LogP contribution in [-0.4, -0.2) is 32.5 Å². The third-order valence-corrected chi connectivity index (χ3v) is 5.84. The minimum Gasteiger partial charge on any atom is -0.465 e. The van der Waals surface area contributed by atoms with Crippen molar-refractivity contribution in [3.63, 3.8) is 0 Å². The number of hydrogen-bond acceptors (Lipinski definition) is 5. The molecule has 1 aromatic rings. The highest BCUT2D eigenvalue weighted by Crippen LogP contribution is 2.40. The summed E-state index contributed by atoms with van der Waals surface area (Å²) in [7, 11) is -3.52. The van der Waals surface area contributed by atoms with Crippen LogP contribution in [0.3, 0.4) is 0 Å². The molecular weight excluding hydrogens is 305 g/mol. The maximum Gasteiger partial charge on any atom is 0.319 e. The molecule has 0 heterocycles. The summed E-state index contributed by atoms with van der Waals surface area (Å²) in [4.78, 5) is 24.6. The molecule has 1 unspecified atom stereocenters. The number of hydrogen-bond donors (Lipinski definition) is 0. The van der Waals surface area contributed by atoms with Crippen LogP contribution in [0.1, 0.15) is 32.6 Å². The quantitative estimate of drug-likeness (QED) is 0.455. The molecule has 2 rings (SSSR count). The van der Waals surface area contributed by atoms with Crippen molar-refractivity contribution in [3.05, 3.63) is 30.3 Å². The normalized spacial score (nSPS) is 21.8. The minimum absolute atomic E-state index is 0.0120. The highest BCUT2D eigenvalue weighted by molar-refractivity contribution is 7.91. The second kappa shape index (κ2) is 6.60. The zero-order valence-electron chi connectivity index (χ0n) is 12.6. The Labute approximate surface area is 130 Å². The van der Waals surface area contributed by atoms with Gasteiger partial charge in [-0.2, -0.15) is 0 Å². The molecule has 5 nitrogen and oxygen atoms in total. The Morgan fingerprint density at radius 3 is 2.50 bits per heavy atom. The summed E-state index contributed by atoms with van der Waals surface area (Å²) < 4.78 is 29.7. The van der Waals surface area contributed by atoms with Crippen molar-refractivity contribution in [1.29, 1.82) is 0 Å². The lowest BCUT2D eigenvalue weighted by molar-refractivity contribution is -0.158. The van der Waals surface area contributed by atoms with E-state index < -0.39 is 21.2 Å². The lowest BCUT2D eigenvalue weighted by atomic mass is 9.84. The average Bonchev–Trinajstić information content (AvgIpc) is 2.89. The largest absolute Gasteiger partial charge is 0.465 e. The van der Waals surface area contributed by atoms with Crippen LogP contribution in [0.15, 0.2) is 35.2 Å². The smallest absolute Gasteiger partial charge is 0.319 e. The zero-order valence-corrected chi connectivity index (χ0v) is 13.4. The van der Waals surface area contributed by atoms with Crippen LogP contribution in [0.4, 0.5) is 0 Å². The Hall–Kier alpha value is -1.69. The number of carbonyl (C=O) groups is 2. The van der Waals surface area contributed by atoms with Crippen LogP contribution in [-0.2, 0) is 24.2 Å². The number of Topliss-reactive ketones (excluding diaryl/α,β-unsaturated/α-hetero) is 1. The van der Waals surface area contributed by atoms with E-state index in [4.69, 9.17) is 4.74 Å². The van der Waals surface area contributed by atoms with Gasteiger partial charge in [-0.05, 0) is 38.3 Å². The number of esters is 1. The highest BCUT2D eigenvalue weighted by Gasteiger charge is 2.50. The van der Waals surface area contributed by atoms with Gasteiger partial charge in [-0.1, -0.05) is 18.2 Å². The number of carbonyl (C=O) groups excluding carboxylic acids is 2. The van der Waals surface area contributed by atoms with Crippen molar-refractivity contribution >= 4 is 21.6 Å². The first-order valence-electron chi connectivity index (χ1n) is 7.41. The van der Waals surface area contributed by atoms with Gasteiger partial charge >= 0.3 is 5.97 Å². The van der Waals surface area contributed by atoms with E-state index in [-0.39, 0.29) is 29.5 Å². The number of sulfone groups is 1. The summed E-state index contributed by atoms with van der Waals surface area (Å²) >= 11 is 0. The number of ether oxygens (including phenoxy) is 1. The highest BCUT2D eigenvalue weighted by atomic mass is 32.2. The first-order valence-corrected chi connectivity index (χ1v) is 9.06. The Morgan fingerprint density at radius 1 is 1.27 bits per heavy atom. The van der Waals surface area contributed by atoms with Crippen LogP contribution in [0.2, 0.25) is 0 Å². The number of rotatable bonds is 6. The van der Waals surface area contributed by atoms with Crippen molar-refractivity contribution in [2.45, 2.75) is 37.5 Å². The van der Waals surface area contributed by atoms with Gasteiger partial charge < -0.3 is 4.74 Å². The van der Waals surface area contributed by atoms with E-state index in [0.29, 0.717) is 19.3 Å². The van der Waals surface area contributed by atoms with Gasteiger partial charge in [-0.3, -0.25) is 9.59 Å². The molecule has 22 heavy (non-hydrogen) atoms. The van der Waals surface area contributed by atoms with Gasteiger partial charge in [0, 0.05) is 6.42 Å². The molecule has 0 spiro atoms. The standard InChI is InChI=1S/C16H20O5S/c1-2-21-15(18)16(10-6-9-14(16)17)11-12-22(19,20)13-7-4-3-5-8-13/h3-5,7-8H,2,6,9-12H2,1H3/i12+1. The molecule has 0 radical (unpaired) electrons. The molecule has 120 valence electrons. The molecule has 0 saturated heterocycles. The van der Waals surface area contributed by atoms with Gasteiger partial charge in [0.15, 0.2) is 9.84 Å². The summed E-state index contributed by atoms with van der Waals surface area (Å²) in [6.07, 6.45) is 1.27. The van der Waals surface area contributed by atoms with Crippen molar-refractivity contribution in [2.75, 3.05) is 12.4 Å². The molecule has 0 aliphatic heterocycles. The SMILES string of the molecule is CCOC(=O)C1(C[13CH2]S(=O)(=O)c2ccccc2)CCCC1=O. The maximum atomic E-state index is 12.4. The Morgan fingerprint density at radius 2 is 1.95 bits per heavy atom. The molecule has 1 aliphatic rings. The topological polar surface area (TPSA) is 77.5 Å². The lowest BCUT2D eigenvalue weighted by Crippen LogP contribution is -2.38. The summed E-state index contributed by atoms with van der Waals surface area (Å²) in [5, 5.41) is 0. The second-order valence-corrected chi connectivity index (χ2v) is 7.57. The van der Waals surface area contributed by atoms with Gasteiger partial charge in [0.05, 0.1) is 17.3 Å². The molecule has 0 aromatic heterocycles. The molecule has 1 aromatic carbocycles. The molecule has 1 saturated carbocycles. The lowest BCUT2D eigenvalue weighted by Gasteiger charge is -2.24. The van der Waals surface area contributed by atoms with Crippen LogP contribution in [0.5, 0.6) is 0 Å². The number of benzene rings is 1. The number of ketones is 1. The maximum absolute atomic E-state index is 12.4. The zero-order chi connectivity index (χ0) is 16.2. The van der Waals surface area contributed by atoms with E-state index >= 15 is 0 Å². The predicted molar refractivity (Wildman–Crippen MR) is 81.0 cm³/mol. The van der Waals surface area contributed by atoms with Crippen LogP contribution < -0.4 is 0 Å². The van der Waals surface area contributed by atoms with E-state index in [9.17, 15) is 18.0 Å². The van der Waals surface area contributed by atoms with Gasteiger partial charge in [0.2, 0.25) is 0 Å². The molecule has 0 bridgehead atoms. The monoisotopic (exact) mass is 325 g/mol. The Kier molecular flexibility index (Phi) is 5.01. The summed E-state index contributed by atoms with van der Waals surface area (Å²) in [5.41, 5.74) is -1.28. The van der Waals surface area contributed by atoms with Crippen LogP contribution in [0.25, 0.3) is 0 Å². The predicted octanol–water partition coefficient (Wildman–Crippen LogP) is 2.15. The van der Waals surface area contributed by atoms with Crippen molar-refractivity contribution in [2.24, 2.45) is 5.41 Å². The van der Waals surface area contributed by atoms with Crippen molar-refractivity contribution in [3.8, 4) is 0 Å². The molecule has 1 fully saturated rings. The fraction of sp³-hybridized carbons (Fsp3) is 0.500. The molecular formula is C16H20O5S. The van der Waals surface area contributed by atoms with E-state index in [1.807, 2.05) is 0 Å². The van der Waals surface area contributed by atoms with Crippen molar-refractivity contribution < 1.29 is 22.7 Å². The summed E-state index contributed by atoms with van der Waals surface area (Å²) in [6, 6.07) is 8.06. The third kappa shape index (κ3) is 3.21. The Bertz CT molecular complexity index is 650. The summed E-state index contributed by atoms with van der Waals surface area (Å²) in [6.45, 7) is 1.85. The molecule has 1 aliphatic carbocycles. The van der Waals surface area contributed by atoms with Crippen molar-refractivity contribution in [1.82, 2.24) is 0 Å². The molecule has 0 N–H and O–H groups in total. The fourth-order valence-electron chi connectivity index (χ4n) is 2.84. The fourth-order valence-corrected chi connectivity index (χ4v) is 4.26. The van der Waals surface area contributed by atoms with Crippen LogP contribution in [0, 0.1) is 5.41 Å². The van der Waals surface area contributed by atoms with E-state index in [0.717, 1.165) is 0 Å². The van der Waals surface area contributed by atoms with Gasteiger partial charge in [0.25, 0.3) is 0 Å². The molecule has 1 atom stereocenters. The van der Waals surface area contributed by atoms with Crippen LogP contribution >= 0.6 is 0 Å². The van der Waals surface area contributed by atoms with Gasteiger partial charge in [-0.25, -0.2) is 8.42 Å². The van der Waals surface area contributed by atoms with E-state index in [1.165, 1.54) is 12.1 Å². The third-order valence-electron chi connectivity index (χ3n) is 4.11. The summed E-state index contributed by atoms with van der Waals surface area (Å²) in [5.74, 6) is -1.02. The minimum atomic E-state index is -3.52. The molecule has 0 amide bonds. The van der Waals surface area contributed by atoms with E-state index in [2.05, 4.69) is 0 Å². The van der Waals surface area contributed by atoms with E-state index in [1.54, 1.807) is 25.1 Å². The van der Waals surface area contributed by atoms with Gasteiger partial charge in [0.1, 0.15) is 11.2 Å². The van der Waals surface area contributed by atoms with Gasteiger partial charge in [-0.15, -0.1) is 0 Å². The first-order chi connectivity index (χ1) is 10.4. The average molecular weight is 325 g/mol. The molecule has 6 heteroatoms. The first kappa shape index (κ1) is 16.7. The Balaban J connectivity index is 2.19.